The third-order valence-electron chi connectivity index (χ3n) is 14.0. The maximum Gasteiger partial charge on any atom is 0.178 e. The number of nitrogens with zero attached hydrogens (tertiary/aromatic N) is 1. The molecule has 12 rings (SSSR count). The monoisotopic (exact) mass is 775 g/mol. The van der Waals surface area contributed by atoms with Crippen molar-refractivity contribution in [3.63, 3.8) is 0 Å². The number of fused-ring (bicyclic) bond motifs is 11. The van der Waals surface area contributed by atoms with Crippen LogP contribution in [-0.2, 0) is 21.2 Å². The van der Waals surface area contributed by atoms with Crippen LogP contribution >= 0.6 is 0 Å². The van der Waals surface area contributed by atoms with Crippen LogP contribution < -0.4 is 9.64 Å². The molecule has 1 fully saturated rings. The molecule has 1 atom stereocenters. The lowest BCUT2D eigenvalue weighted by Gasteiger charge is -2.40. The summed E-state index contributed by atoms with van der Waals surface area (Å²) in [5, 5.41) is 2.36. The van der Waals surface area contributed by atoms with Gasteiger partial charge in [0.05, 0.1) is 18.6 Å². The molecule has 0 N–H and O–H groups in total. The van der Waals surface area contributed by atoms with Crippen molar-refractivity contribution in [1.82, 2.24) is 0 Å². The molecule has 2 aliphatic heterocycles. The summed E-state index contributed by atoms with van der Waals surface area (Å²) in [7, 11) is 0. The Morgan fingerprint density at radius 2 is 1.08 bits per heavy atom. The fourth-order valence-electron chi connectivity index (χ4n) is 11.3. The molecule has 0 bridgehead atoms. The highest BCUT2D eigenvalue weighted by Crippen LogP contribution is 2.60. The summed E-state index contributed by atoms with van der Waals surface area (Å²) in [5.74, 6) is 0.936. The number of ether oxygens (including phenoxy) is 2. The second-order valence-electron chi connectivity index (χ2n) is 17.3. The standard InChI is InChI=1S/C57H45NO2/c1-55(2)49-23-13-12-22-47(49)52-45-20-9-10-21-46(45)54-48(53(52)55)31-32-56(60-54,38-25-28-42(29-26-38)58-33-35-59-36-34-58)41-27-30-44-43-19-11-14-24-50(43)57(51(44)37-41,39-15-5-3-6-16-39)40-17-7-4-8-18-40/h3-32,37H,33-36H2,1-2H3. The van der Waals surface area contributed by atoms with Crippen LogP contribution in [-0.4, -0.2) is 26.3 Å². The van der Waals surface area contributed by atoms with Crippen LogP contribution in [0.4, 0.5) is 5.69 Å². The Labute approximate surface area is 352 Å². The zero-order valence-corrected chi connectivity index (χ0v) is 34.0. The number of hydrogen-bond donors (Lipinski definition) is 0. The smallest absolute Gasteiger partial charge is 0.178 e. The van der Waals surface area contributed by atoms with Crippen LogP contribution in [0.1, 0.15) is 63.9 Å². The number of hydrogen-bond acceptors (Lipinski definition) is 3. The molecule has 2 heterocycles. The fourth-order valence-corrected chi connectivity index (χ4v) is 11.3. The van der Waals surface area contributed by atoms with Crippen LogP contribution in [0.5, 0.6) is 5.75 Å². The zero-order valence-electron chi connectivity index (χ0n) is 34.0. The van der Waals surface area contributed by atoms with Gasteiger partial charge < -0.3 is 14.4 Å². The molecule has 0 spiro atoms. The lowest BCUT2D eigenvalue weighted by Crippen LogP contribution is -2.37. The van der Waals surface area contributed by atoms with Crippen molar-refractivity contribution in [2.75, 3.05) is 31.2 Å². The van der Waals surface area contributed by atoms with E-state index in [1.54, 1.807) is 0 Å². The predicted octanol–water partition coefficient (Wildman–Crippen LogP) is 12.7. The number of benzene rings is 8. The molecule has 8 aromatic rings. The molecule has 1 unspecified atom stereocenters. The van der Waals surface area contributed by atoms with Gasteiger partial charge in [0.1, 0.15) is 5.75 Å². The Morgan fingerprint density at radius 1 is 0.500 bits per heavy atom. The normalized spacial score (nSPS) is 18.9. The van der Waals surface area contributed by atoms with Gasteiger partial charge in [0.2, 0.25) is 0 Å². The Hall–Kier alpha value is -6.68. The summed E-state index contributed by atoms with van der Waals surface area (Å²) >= 11 is 0. The second kappa shape index (κ2) is 13.2. The maximum atomic E-state index is 7.90. The van der Waals surface area contributed by atoms with Crippen molar-refractivity contribution >= 4 is 22.5 Å². The van der Waals surface area contributed by atoms with Gasteiger partial charge in [0.25, 0.3) is 0 Å². The molecule has 290 valence electrons. The van der Waals surface area contributed by atoms with Gasteiger partial charge in [-0.3, -0.25) is 0 Å². The minimum Gasteiger partial charge on any atom is -0.472 e. The average molecular weight is 776 g/mol. The summed E-state index contributed by atoms with van der Waals surface area (Å²) < 4.78 is 13.6. The number of rotatable bonds is 5. The van der Waals surface area contributed by atoms with E-state index >= 15 is 0 Å². The van der Waals surface area contributed by atoms with E-state index in [0.717, 1.165) is 48.6 Å². The van der Waals surface area contributed by atoms with Gasteiger partial charge in [0.15, 0.2) is 5.60 Å². The molecule has 1 saturated heterocycles. The van der Waals surface area contributed by atoms with Crippen LogP contribution in [0, 0.1) is 0 Å². The molecule has 0 saturated carbocycles. The molecule has 3 nitrogen and oxygen atoms in total. The molecular formula is C57H45NO2. The number of anilines is 1. The molecular weight excluding hydrogens is 731 g/mol. The summed E-state index contributed by atoms with van der Waals surface area (Å²) in [6, 6.07) is 65.2. The molecule has 0 radical (unpaired) electrons. The molecule has 8 aromatic carbocycles. The Balaban J connectivity index is 1.13. The summed E-state index contributed by atoms with van der Waals surface area (Å²) in [6.45, 7) is 8.00. The van der Waals surface area contributed by atoms with Crippen molar-refractivity contribution in [3.05, 3.63) is 232 Å². The van der Waals surface area contributed by atoms with E-state index in [0.29, 0.717) is 0 Å². The molecule has 60 heavy (non-hydrogen) atoms. The van der Waals surface area contributed by atoms with E-state index in [9.17, 15) is 0 Å². The predicted molar refractivity (Wildman–Crippen MR) is 245 cm³/mol. The van der Waals surface area contributed by atoms with Crippen LogP contribution in [0.2, 0.25) is 0 Å². The summed E-state index contributed by atoms with van der Waals surface area (Å²) in [5.41, 5.74) is 15.8. The van der Waals surface area contributed by atoms with Crippen LogP contribution in [0.3, 0.4) is 0 Å². The minimum atomic E-state index is -0.938. The third kappa shape index (κ3) is 4.81. The van der Waals surface area contributed by atoms with E-state index < -0.39 is 11.0 Å². The fraction of sp³-hybridized carbons (Fsp3) is 0.158. The quantitative estimate of drug-likeness (QED) is 0.174. The average Bonchev–Trinajstić information content (AvgIpc) is 3.75. The second-order valence-corrected chi connectivity index (χ2v) is 17.3. The van der Waals surface area contributed by atoms with Gasteiger partial charge >= 0.3 is 0 Å². The molecule has 0 aromatic heterocycles. The van der Waals surface area contributed by atoms with Gasteiger partial charge in [-0.25, -0.2) is 0 Å². The van der Waals surface area contributed by atoms with E-state index in [1.807, 2.05) is 0 Å². The van der Waals surface area contributed by atoms with Gasteiger partial charge in [0, 0.05) is 46.3 Å². The van der Waals surface area contributed by atoms with Crippen LogP contribution in [0.25, 0.3) is 39.1 Å². The highest BCUT2D eigenvalue weighted by atomic mass is 16.5. The summed E-state index contributed by atoms with van der Waals surface area (Å²) in [6.07, 6.45) is 4.74. The van der Waals surface area contributed by atoms with Gasteiger partial charge in [-0.1, -0.05) is 178 Å². The Bertz CT molecular complexity index is 2970. The zero-order chi connectivity index (χ0) is 40.1. The van der Waals surface area contributed by atoms with Crippen molar-refractivity contribution in [3.8, 4) is 28.0 Å². The first kappa shape index (κ1) is 35.3. The van der Waals surface area contributed by atoms with Crippen molar-refractivity contribution < 1.29 is 9.47 Å². The van der Waals surface area contributed by atoms with E-state index in [-0.39, 0.29) is 5.41 Å². The topological polar surface area (TPSA) is 21.7 Å². The van der Waals surface area contributed by atoms with Gasteiger partial charge in [-0.2, -0.15) is 0 Å². The maximum absolute atomic E-state index is 7.90. The minimum absolute atomic E-state index is 0.210. The molecule has 4 aliphatic rings. The molecule has 2 aliphatic carbocycles. The van der Waals surface area contributed by atoms with Crippen molar-refractivity contribution in [2.45, 2.75) is 30.3 Å². The largest absolute Gasteiger partial charge is 0.472 e. The first-order valence-electron chi connectivity index (χ1n) is 21.4. The highest BCUT2D eigenvalue weighted by Gasteiger charge is 2.49. The molecule has 3 heteroatoms. The van der Waals surface area contributed by atoms with E-state index in [1.165, 1.54) is 72.3 Å². The van der Waals surface area contributed by atoms with Crippen molar-refractivity contribution in [2.24, 2.45) is 0 Å². The lowest BCUT2D eigenvalue weighted by molar-refractivity contribution is 0.122. The van der Waals surface area contributed by atoms with Gasteiger partial charge in [-0.05, 0) is 85.3 Å². The van der Waals surface area contributed by atoms with Gasteiger partial charge in [-0.15, -0.1) is 0 Å². The highest BCUT2D eigenvalue weighted by molar-refractivity contribution is 6.08. The first-order chi connectivity index (χ1) is 29.5. The third-order valence-corrected chi connectivity index (χ3v) is 14.0. The Morgan fingerprint density at radius 3 is 1.80 bits per heavy atom. The molecule has 0 amide bonds. The number of morpholine rings is 1. The summed E-state index contributed by atoms with van der Waals surface area (Å²) in [4.78, 5) is 2.42. The van der Waals surface area contributed by atoms with Crippen LogP contribution in [0.15, 0.2) is 182 Å². The van der Waals surface area contributed by atoms with Crippen molar-refractivity contribution in [1.29, 1.82) is 0 Å². The first-order valence-corrected chi connectivity index (χ1v) is 21.4. The SMILES string of the molecule is CC1(C)c2ccccc2-c2c1c1c(c3ccccc23)OC(c2ccc(N3CCOCC3)cc2)(c2ccc3c(c2)C(c2ccccc2)(c2ccccc2)c2ccccc2-3)C=C1. The lowest BCUT2D eigenvalue weighted by atomic mass is 9.67. The van der Waals surface area contributed by atoms with E-state index in [4.69, 9.17) is 9.47 Å². The Kier molecular flexibility index (Phi) is 7.74. The van der Waals surface area contributed by atoms with E-state index in [2.05, 4.69) is 207 Å².